The van der Waals surface area contributed by atoms with Crippen molar-refractivity contribution >= 4 is 5.96 Å². The Morgan fingerprint density at radius 3 is 2.48 bits per heavy atom. The fraction of sp³-hybridized carbons (Fsp3) is 0.350. The van der Waals surface area contributed by atoms with E-state index < -0.39 is 0 Å². The van der Waals surface area contributed by atoms with Gasteiger partial charge in [-0.1, -0.05) is 30.3 Å². The zero-order valence-electron chi connectivity index (χ0n) is 15.4. The second-order valence-corrected chi connectivity index (χ2v) is 5.65. The summed E-state index contributed by atoms with van der Waals surface area (Å²) in [6, 6.07) is 16.2. The summed E-state index contributed by atoms with van der Waals surface area (Å²) in [6.07, 6.45) is 0. The molecule has 1 atom stereocenters. The van der Waals surface area contributed by atoms with Crippen molar-refractivity contribution in [3.63, 3.8) is 0 Å². The summed E-state index contributed by atoms with van der Waals surface area (Å²) < 4.78 is 10.7. The van der Waals surface area contributed by atoms with Crippen LogP contribution in [0.4, 0.5) is 0 Å². The minimum absolute atomic E-state index is 0.164. The lowest BCUT2D eigenvalue weighted by Gasteiger charge is -2.18. The third-order valence-electron chi connectivity index (χ3n) is 3.90. The van der Waals surface area contributed by atoms with Crippen molar-refractivity contribution < 1.29 is 9.47 Å². The topological polar surface area (TPSA) is 54.9 Å². The molecular formula is C20H27N3O2. The number of nitrogens with zero attached hydrogens (tertiary/aromatic N) is 1. The molecule has 0 aliphatic heterocycles. The molecule has 25 heavy (non-hydrogen) atoms. The van der Waals surface area contributed by atoms with E-state index in [9.17, 15) is 0 Å². The number of methoxy groups -OCH3 is 2. The molecule has 0 saturated heterocycles. The van der Waals surface area contributed by atoms with Gasteiger partial charge in [0.2, 0.25) is 0 Å². The molecule has 0 saturated carbocycles. The smallest absolute Gasteiger partial charge is 0.192 e. The molecule has 5 nitrogen and oxygen atoms in total. The predicted octanol–water partition coefficient (Wildman–Crippen LogP) is 3.52. The number of benzene rings is 2. The molecule has 1 unspecified atom stereocenters. The number of ether oxygens (including phenoxy) is 2. The molecule has 0 spiro atoms. The molecule has 134 valence electrons. The van der Waals surface area contributed by atoms with Crippen LogP contribution in [0.2, 0.25) is 0 Å². The maximum Gasteiger partial charge on any atom is 0.192 e. The number of rotatable bonds is 7. The van der Waals surface area contributed by atoms with Crippen molar-refractivity contribution in [1.82, 2.24) is 10.6 Å². The van der Waals surface area contributed by atoms with Crippen molar-refractivity contribution in [3.8, 4) is 11.5 Å². The van der Waals surface area contributed by atoms with Crippen LogP contribution < -0.4 is 20.1 Å². The average Bonchev–Trinajstić information content (AvgIpc) is 2.66. The Bertz CT molecular complexity index is 687. The summed E-state index contributed by atoms with van der Waals surface area (Å²) in [6.45, 7) is 5.49. The Hall–Kier alpha value is -2.69. The molecule has 2 aromatic rings. The summed E-state index contributed by atoms with van der Waals surface area (Å²) in [5.74, 6) is 2.32. The summed E-state index contributed by atoms with van der Waals surface area (Å²) >= 11 is 0. The van der Waals surface area contributed by atoms with Crippen molar-refractivity contribution in [2.45, 2.75) is 26.4 Å². The zero-order valence-corrected chi connectivity index (χ0v) is 15.4. The maximum absolute atomic E-state index is 5.44. The highest BCUT2D eigenvalue weighted by Crippen LogP contribution is 2.25. The van der Waals surface area contributed by atoms with Crippen LogP contribution in [0, 0.1) is 0 Å². The molecule has 5 heteroatoms. The van der Waals surface area contributed by atoms with Crippen LogP contribution in [0.15, 0.2) is 53.5 Å². The molecule has 2 N–H and O–H groups in total. The lowest BCUT2D eigenvalue weighted by atomic mass is 10.1. The van der Waals surface area contributed by atoms with E-state index in [1.165, 1.54) is 5.56 Å². The van der Waals surface area contributed by atoms with Gasteiger partial charge in [-0.2, -0.15) is 0 Å². The first kappa shape index (κ1) is 18.6. The maximum atomic E-state index is 5.44. The minimum Gasteiger partial charge on any atom is -0.497 e. The van der Waals surface area contributed by atoms with Crippen molar-refractivity contribution in [2.24, 2.45) is 4.99 Å². The normalized spacial score (nSPS) is 12.4. The van der Waals surface area contributed by atoms with E-state index >= 15 is 0 Å². The lowest BCUT2D eigenvalue weighted by Crippen LogP contribution is -2.38. The molecule has 0 aliphatic rings. The van der Waals surface area contributed by atoms with Gasteiger partial charge in [0, 0.05) is 18.2 Å². The van der Waals surface area contributed by atoms with Gasteiger partial charge in [0.25, 0.3) is 0 Å². The third-order valence-corrected chi connectivity index (χ3v) is 3.90. The Balaban J connectivity index is 2.11. The van der Waals surface area contributed by atoms with E-state index in [0.717, 1.165) is 29.6 Å². The summed E-state index contributed by atoms with van der Waals surface area (Å²) in [7, 11) is 3.30. The molecule has 0 amide bonds. The fourth-order valence-corrected chi connectivity index (χ4v) is 2.50. The van der Waals surface area contributed by atoms with Gasteiger partial charge in [-0.25, -0.2) is 4.99 Å². The molecule has 0 heterocycles. The highest BCUT2D eigenvalue weighted by molar-refractivity contribution is 5.80. The van der Waals surface area contributed by atoms with Gasteiger partial charge in [-0.05, 0) is 31.5 Å². The second kappa shape index (κ2) is 9.57. The van der Waals surface area contributed by atoms with E-state index in [2.05, 4.69) is 41.6 Å². The Morgan fingerprint density at radius 2 is 1.84 bits per heavy atom. The molecule has 0 aromatic heterocycles. The largest absolute Gasteiger partial charge is 0.497 e. The SMILES string of the molecule is CCNC(=NCc1ccc(OC)cc1OC)NC(C)c1ccccc1. The Morgan fingerprint density at radius 1 is 1.08 bits per heavy atom. The van der Waals surface area contributed by atoms with Crippen LogP contribution in [0.3, 0.4) is 0 Å². The Labute approximate surface area is 150 Å². The van der Waals surface area contributed by atoms with Crippen LogP contribution in [-0.4, -0.2) is 26.7 Å². The first-order valence-corrected chi connectivity index (χ1v) is 8.48. The van der Waals surface area contributed by atoms with Gasteiger partial charge in [0.1, 0.15) is 11.5 Å². The first-order chi connectivity index (χ1) is 12.2. The van der Waals surface area contributed by atoms with Crippen LogP contribution in [-0.2, 0) is 6.54 Å². The van der Waals surface area contributed by atoms with E-state index in [1.54, 1.807) is 14.2 Å². The van der Waals surface area contributed by atoms with Crippen LogP contribution >= 0.6 is 0 Å². The van der Waals surface area contributed by atoms with Gasteiger partial charge in [0.05, 0.1) is 26.8 Å². The highest BCUT2D eigenvalue weighted by Gasteiger charge is 2.08. The van der Waals surface area contributed by atoms with Crippen LogP contribution in [0.25, 0.3) is 0 Å². The molecule has 0 radical (unpaired) electrons. The van der Waals surface area contributed by atoms with Gasteiger partial charge in [0.15, 0.2) is 5.96 Å². The monoisotopic (exact) mass is 341 g/mol. The molecular weight excluding hydrogens is 314 g/mol. The van der Waals surface area contributed by atoms with Gasteiger partial charge >= 0.3 is 0 Å². The number of hydrogen-bond acceptors (Lipinski definition) is 3. The molecule has 0 aliphatic carbocycles. The number of hydrogen-bond donors (Lipinski definition) is 2. The van der Waals surface area contributed by atoms with Crippen molar-refractivity contribution in [2.75, 3.05) is 20.8 Å². The molecule has 2 rings (SSSR count). The summed E-state index contributed by atoms with van der Waals surface area (Å²) in [5, 5.41) is 6.72. The zero-order chi connectivity index (χ0) is 18.1. The second-order valence-electron chi connectivity index (χ2n) is 5.65. The lowest BCUT2D eigenvalue weighted by molar-refractivity contribution is 0.391. The fourth-order valence-electron chi connectivity index (χ4n) is 2.50. The van der Waals surface area contributed by atoms with Crippen molar-refractivity contribution in [1.29, 1.82) is 0 Å². The standard InChI is InChI=1S/C20H27N3O2/c1-5-21-20(23-15(2)16-9-7-6-8-10-16)22-14-17-11-12-18(24-3)13-19(17)25-4/h6-13,15H,5,14H2,1-4H3,(H2,21,22,23). The Kier molecular flexibility index (Phi) is 7.14. The van der Waals surface area contributed by atoms with Gasteiger partial charge < -0.3 is 20.1 Å². The number of aliphatic imine (C=N–C) groups is 1. The van der Waals surface area contributed by atoms with E-state index in [0.29, 0.717) is 6.54 Å². The van der Waals surface area contributed by atoms with E-state index in [-0.39, 0.29) is 6.04 Å². The molecule has 2 aromatic carbocycles. The number of guanidine groups is 1. The average molecular weight is 341 g/mol. The summed E-state index contributed by atoms with van der Waals surface area (Å²) in [5.41, 5.74) is 2.22. The predicted molar refractivity (Wildman–Crippen MR) is 102 cm³/mol. The summed E-state index contributed by atoms with van der Waals surface area (Å²) in [4.78, 5) is 4.69. The quantitative estimate of drug-likeness (QED) is 0.598. The first-order valence-electron chi connectivity index (χ1n) is 8.48. The number of nitrogens with one attached hydrogen (secondary N) is 2. The minimum atomic E-state index is 0.164. The third kappa shape index (κ3) is 5.41. The van der Waals surface area contributed by atoms with E-state index in [4.69, 9.17) is 9.47 Å². The van der Waals surface area contributed by atoms with Gasteiger partial charge in [-0.3, -0.25) is 0 Å². The molecule has 0 fully saturated rings. The van der Waals surface area contributed by atoms with E-state index in [1.807, 2.05) is 36.4 Å². The van der Waals surface area contributed by atoms with Crippen LogP contribution in [0.1, 0.15) is 31.0 Å². The highest BCUT2D eigenvalue weighted by atomic mass is 16.5. The van der Waals surface area contributed by atoms with Crippen LogP contribution in [0.5, 0.6) is 11.5 Å². The van der Waals surface area contributed by atoms with Crippen molar-refractivity contribution in [3.05, 3.63) is 59.7 Å². The van der Waals surface area contributed by atoms with Gasteiger partial charge in [-0.15, -0.1) is 0 Å². The molecule has 0 bridgehead atoms.